The molecular formula is C15H26FN5O. The molecule has 0 amide bonds. The number of imidazole rings is 1. The van der Waals surface area contributed by atoms with Gasteiger partial charge in [-0.2, -0.15) is 14.4 Å². The highest BCUT2D eigenvalue weighted by Crippen LogP contribution is 2.26. The fourth-order valence-electron chi connectivity index (χ4n) is 2.06. The quantitative estimate of drug-likeness (QED) is 0.813. The summed E-state index contributed by atoms with van der Waals surface area (Å²) in [6.07, 6.45) is 4.85. The Bertz CT molecular complexity index is 566. The van der Waals surface area contributed by atoms with Gasteiger partial charge in [0.05, 0.1) is 6.33 Å². The van der Waals surface area contributed by atoms with Gasteiger partial charge in [-0.3, -0.25) is 4.57 Å². The molecule has 3 rings (SSSR count). The number of rotatable bonds is 1. The number of nitrogens with zero attached hydrogens (tertiary/aromatic N) is 4. The normalized spacial score (nSPS) is 17.2. The van der Waals surface area contributed by atoms with Crippen LogP contribution in [0.4, 0.5) is 10.2 Å². The Morgan fingerprint density at radius 3 is 2.59 bits per heavy atom. The molecule has 2 N–H and O–H groups in total. The minimum absolute atomic E-state index is 0.0575. The number of aromatic nitrogens is 4. The summed E-state index contributed by atoms with van der Waals surface area (Å²) in [6.45, 7) is 8.95. The van der Waals surface area contributed by atoms with Crippen molar-refractivity contribution in [3.8, 4) is 0 Å². The van der Waals surface area contributed by atoms with E-state index in [9.17, 15) is 4.39 Å². The summed E-state index contributed by atoms with van der Waals surface area (Å²) in [5.74, 6) is 0.0575. The molecule has 0 bridgehead atoms. The van der Waals surface area contributed by atoms with Crippen molar-refractivity contribution < 1.29 is 9.13 Å². The van der Waals surface area contributed by atoms with Gasteiger partial charge < -0.3 is 10.5 Å². The van der Waals surface area contributed by atoms with Gasteiger partial charge in [0.1, 0.15) is 6.23 Å². The highest BCUT2D eigenvalue weighted by Gasteiger charge is 2.20. The van der Waals surface area contributed by atoms with Gasteiger partial charge in [0.15, 0.2) is 17.0 Å². The molecule has 0 aromatic carbocycles. The second-order valence-electron chi connectivity index (χ2n) is 4.73. The van der Waals surface area contributed by atoms with Crippen molar-refractivity contribution in [3.05, 3.63) is 12.4 Å². The second kappa shape index (κ2) is 9.30. The highest BCUT2D eigenvalue weighted by atomic mass is 19.1. The highest BCUT2D eigenvalue weighted by molar-refractivity contribution is 5.81. The molecule has 1 aliphatic heterocycles. The van der Waals surface area contributed by atoms with Crippen molar-refractivity contribution in [1.82, 2.24) is 19.5 Å². The van der Waals surface area contributed by atoms with E-state index in [0.717, 1.165) is 19.3 Å². The molecule has 1 aliphatic rings. The summed E-state index contributed by atoms with van der Waals surface area (Å²) in [5.41, 5.74) is 6.40. The number of hydrogen-bond acceptors (Lipinski definition) is 5. The Morgan fingerprint density at radius 2 is 2.00 bits per heavy atom. The van der Waals surface area contributed by atoms with Crippen LogP contribution < -0.4 is 5.73 Å². The molecule has 1 unspecified atom stereocenters. The van der Waals surface area contributed by atoms with E-state index in [1.165, 1.54) is 6.42 Å². The van der Waals surface area contributed by atoms with E-state index in [-0.39, 0.29) is 12.0 Å². The first-order chi connectivity index (χ1) is 10.7. The Balaban J connectivity index is 0.000000435. The predicted octanol–water partition coefficient (Wildman–Crippen LogP) is 3.69. The van der Waals surface area contributed by atoms with Crippen LogP contribution in [0.1, 0.15) is 59.6 Å². The number of hydrogen-bond donors (Lipinski definition) is 1. The van der Waals surface area contributed by atoms with Crippen LogP contribution >= 0.6 is 0 Å². The van der Waals surface area contributed by atoms with Gasteiger partial charge in [0, 0.05) is 6.61 Å². The fourth-order valence-corrected chi connectivity index (χ4v) is 2.06. The number of nitrogen functional groups attached to an aromatic ring is 1. The Labute approximate surface area is 130 Å². The number of fused-ring (bicyclic) bond motifs is 1. The Morgan fingerprint density at radius 1 is 1.32 bits per heavy atom. The molecule has 22 heavy (non-hydrogen) atoms. The van der Waals surface area contributed by atoms with Gasteiger partial charge in [0.25, 0.3) is 0 Å². The van der Waals surface area contributed by atoms with Crippen LogP contribution in [0.25, 0.3) is 11.2 Å². The van der Waals surface area contributed by atoms with Crippen molar-refractivity contribution in [2.75, 3.05) is 12.3 Å². The predicted molar refractivity (Wildman–Crippen MR) is 85.8 cm³/mol. The van der Waals surface area contributed by atoms with E-state index in [1.54, 1.807) is 10.9 Å². The zero-order valence-electron chi connectivity index (χ0n) is 13.8. The fraction of sp³-hybridized carbons (Fsp3) is 0.667. The summed E-state index contributed by atoms with van der Waals surface area (Å²) in [6, 6.07) is 0. The van der Waals surface area contributed by atoms with E-state index < -0.39 is 6.08 Å². The van der Waals surface area contributed by atoms with Gasteiger partial charge >= 0.3 is 6.08 Å². The zero-order valence-corrected chi connectivity index (χ0v) is 13.8. The molecule has 0 aliphatic carbocycles. The molecule has 7 heteroatoms. The summed E-state index contributed by atoms with van der Waals surface area (Å²) in [7, 11) is 0. The van der Waals surface area contributed by atoms with Crippen molar-refractivity contribution in [3.63, 3.8) is 0 Å². The maximum absolute atomic E-state index is 13.1. The molecule has 1 atom stereocenters. The van der Waals surface area contributed by atoms with Crippen LogP contribution in [0.2, 0.25) is 0 Å². The maximum Gasteiger partial charge on any atom is 0.312 e. The van der Waals surface area contributed by atoms with Gasteiger partial charge in [-0.25, -0.2) is 4.98 Å². The van der Waals surface area contributed by atoms with Crippen LogP contribution in [0.5, 0.6) is 0 Å². The van der Waals surface area contributed by atoms with Crippen molar-refractivity contribution in [2.24, 2.45) is 0 Å². The third kappa shape index (κ3) is 4.37. The molecule has 1 fully saturated rings. The standard InChI is InChI=1S/C10H12FN5O.C3H8.C2H6/c11-10-14-8(12)7-9(15-10)16(5-13-7)6-3-1-2-4-17-6;1-3-2;1-2/h5-6H,1-4H2,(H2,12,14,15);3H2,1-2H3;1-2H3. The lowest BCUT2D eigenvalue weighted by molar-refractivity contribution is -0.0298. The Kier molecular flexibility index (Phi) is 7.73. The van der Waals surface area contributed by atoms with E-state index in [4.69, 9.17) is 10.5 Å². The lowest BCUT2D eigenvalue weighted by atomic mass is 10.2. The van der Waals surface area contributed by atoms with E-state index in [2.05, 4.69) is 28.8 Å². The minimum Gasteiger partial charge on any atom is -0.382 e. The minimum atomic E-state index is -0.840. The molecule has 124 valence electrons. The van der Waals surface area contributed by atoms with Crippen molar-refractivity contribution in [2.45, 2.75) is 59.6 Å². The van der Waals surface area contributed by atoms with Gasteiger partial charge in [0.2, 0.25) is 0 Å². The van der Waals surface area contributed by atoms with E-state index in [0.29, 0.717) is 17.8 Å². The van der Waals surface area contributed by atoms with Gasteiger partial charge in [-0.05, 0) is 19.3 Å². The zero-order chi connectivity index (χ0) is 16.5. The second-order valence-corrected chi connectivity index (χ2v) is 4.73. The number of halogens is 1. The molecule has 6 nitrogen and oxygen atoms in total. The summed E-state index contributed by atoms with van der Waals surface area (Å²) < 4.78 is 20.5. The number of nitrogens with two attached hydrogens (primary N) is 1. The average molecular weight is 311 g/mol. The third-order valence-corrected chi connectivity index (χ3v) is 2.89. The summed E-state index contributed by atoms with van der Waals surface area (Å²) in [5, 5.41) is 0. The molecule has 2 aromatic heterocycles. The smallest absolute Gasteiger partial charge is 0.312 e. The number of anilines is 1. The molecule has 0 radical (unpaired) electrons. The van der Waals surface area contributed by atoms with Crippen LogP contribution in [0.3, 0.4) is 0 Å². The lowest BCUT2D eigenvalue weighted by Crippen LogP contribution is -2.18. The largest absolute Gasteiger partial charge is 0.382 e. The lowest BCUT2D eigenvalue weighted by Gasteiger charge is -2.23. The van der Waals surface area contributed by atoms with Crippen LogP contribution in [0.15, 0.2) is 6.33 Å². The number of ether oxygens (including phenoxy) is 1. The molecular weight excluding hydrogens is 285 g/mol. The van der Waals surface area contributed by atoms with Crippen molar-refractivity contribution >= 4 is 17.0 Å². The first-order valence-electron chi connectivity index (χ1n) is 7.94. The SMILES string of the molecule is CC.CCC.Nc1nc(F)nc2c1ncn2C1CCCCO1. The van der Waals surface area contributed by atoms with E-state index in [1.807, 2.05) is 13.8 Å². The van der Waals surface area contributed by atoms with E-state index >= 15 is 0 Å². The molecule has 2 aromatic rings. The molecule has 0 saturated carbocycles. The Hall–Kier alpha value is -1.76. The van der Waals surface area contributed by atoms with Crippen LogP contribution in [-0.4, -0.2) is 26.1 Å². The summed E-state index contributed by atoms with van der Waals surface area (Å²) >= 11 is 0. The van der Waals surface area contributed by atoms with Crippen molar-refractivity contribution in [1.29, 1.82) is 0 Å². The molecule has 1 saturated heterocycles. The van der Waals surface area contributed by atoms with Gasteiger partial charge in [-0.1, -0.05) is 34.1 Å². The first-order valence-corrected chi connectivity index (χ1v) is 7.94. The maximum atomic E-state index is 13.1. The first kappa shape index (κ1) is 18.3. The molecule has 3 heterocycles. The molecule has 0 spiro atoms. The monoisotopic (exact) mass is 311 g/mol. The van der Waals surface area contributed by atoms with Crippen LogP contribution in [0, 0.1) is 6.08 Å². The third-order valence-electron chi connectivity index (χ3n) is 2.89. The summed E-state index contributed by atoms with van der Waals surface area (Å²) in [4.78, 5) is 11.3. The average Bonchev–Trinajstić information content (AvgIpc) is 2.95. The van der Waals surface area contributed by atoms with Crippen LogP contribution in [-0.2, 0) is 4.74 Å². The van der Waals surface area contributed by atoms with Gasteiger partial charge in [-0.15, -0.1) is 0 Å². The topological polar surface area (TPSA) is 78.9 Å².